The summed E-state index contributed by atoms with van der Waals surface area (Å²) in [5.74, 6) is 0.710. The third-order valence-electron chi connectivity index (χ3n) is 3.35. The molecule has 0 spiro atoms. The van der Waals surface area contributed by atoms with Gasteiger partial charge in [0.05, 0.1) is 23.5 Å². The Bertz CT molecular complexity index is 566. The summed E-state index contributed by atoms with van der Waals surface area (Å²) in [7, 11) is 0. The molecule has 2 aromatic heterocycles. The first-order valence-corrected chi connectivity index (χ1v) is 7.90. The quantitative estimate of drug-likeness (QED) is 0.851. The molecule has 1 aliphatic carbocycles. The molecule has 0 radical (unpaired) electrons. The first kappa shape index (κ1) is 13.5. The summed E-state index contributed by atoms with van der Waals surface area (Å²) in [6.07, 6.45) is 3.48. The second-order valence-corrected chi connectivity index (χ2v) is 6.02. The van der Waals surface area contributed by atoms with Crippen molar-refractivity contribution in [1.82, 2.24) is 15.3 Å². The van der Waals surface area contributed by atoms with Gasteiger partial charge in [-0.15, -0.1) is 11.3 Å². The molecular weight excluding hydrogens is 270 g/mol. The van der Waals surface area contributed by atoms with Crippen molar-refractivity contribution >= 4 is 11.3 Å². The van der Waals surface area contributed by atoms with Gasteiger partial charge in [-0.3, -0.25) is 0 Å². The van der Waals surface area contributed by atoms with Crippen LogP contribution in [0.15, 0.2) is 23.7 Å². The summed E-state index contributed by atoms with van der Waals surface area (Å²) in [6, 6.07) is 6.66. The number of nitrogens with one attached hydrogen (secondary N) is 1. The molecule has 3 rings (SSSR count). The Hall–Kier alpha value is -1.46. The van der Waals surface area contributed by atoms with Gasteiger partial charge in [0.15, 0.2) is 0 Å². The molecule has 0 amide bonds. The van der Waals surface area contributed by atoms with E-state index in [9.17, 15) is 0 Å². The van der Waals surface area contributed by atoms with Gasteiger partial charge < -0.3 is 10.1 Å². The Morgan fingerprint density at radius 1 is 1.40 bits per heavy atom. The van der Waals surface area contributed by atoms with Crippen LogP contribution in [0.3, 0.4) is 0 Å². The van der Waals surface area contributed by atoms with Crippen molar-refractivity contribution in [3.63, 3.8) is 0 Å². The van der Waals surface area contributed by atoms with E-state index in [1.54, 1.807) is 11.3 Å². The van der Waals surface area contributed by atoms with E-state index in [1.165, 1.54) is 17.7 Å². The van der Waals surface area contributed by atoms with E-state index in [0.717, 1.165) is 24.4 Å². The van der Waals surface area contributed by atoms with Crippen molar-refractivity contribution in [2.45, 2.75) is 38.8 Å². The topological polar surface area (TPSA) is 47.0 Å². The molecule has 20 heavy (non-hydrogen) atoms. The molecule has 0 atom stereocenters. The van der Waals surface area contributed by atoms with Gasteiger partial charge in [0.25, 0.3) is 0 Å². The molecule has 0 aliphatic heterocycles. The lowest BCUT2D eigenvalue weighted by molar-refractivity contribution is 0.309. The number of ether oxygens (including phenoxy) is 1. The van der Waals surface area contributed by atoms with Gasteiger partial charge in [-0.05, 0) is 25.8 Å². The summed E-state index contributed by atoms with van der Waals surface area (Å²) in [4.78, 5) is 10.0. The molecule has 0 unspecified atom stereocenters. The number of aromatic nitrogens is 2. The monoisotopic (exact) mass is 289 g/mol. The molecule has 0 aromatic carbocycles. The number of rotatable bonds is 7. The van der Waals surface area contributed by atoms with E-state index in [2.05, 4.69) is 15.3 Å². The molecule has 2 aromatic rings. The highest BCUT2D eigenvalue weighted by molar-refractivity contribution is 7.09. The predicted octanol–water partition coefficient (Wildman–Crippen LogP) is 2.72. The zero-order valence-electron chi connectivity index (χ0n) is 11.6. The maximum absolute atomic E-state index is 5.74. The molecule has 1 fully saturated rings. The zero-order valence-corrected chi connectivity index (χ0v) is 12.4. The molecule has 106 valence electrons. The molecule has 1 aliphatic rings. The lowest BCUT2D eigenvalue weighted by Crippen LogP contribution is -2.16. The Morgan fingerprint density at radius 2 is 2.30 bits per heavy atom. The van der Waals surface area contributed by atoms with Gasteiger partial charge in [0.2, 0.25) is 5.88 Å². The standard InChI is InChI=1S/C15H19N3OS/c1-11-14(20-10-17-11)7-8-19-15-4-2-3-13(18-15)9-16-12-5-6-12/h2-4,10,12,16H,5-9H2,1H3. The van der Waals surface area contributed by atoms with E-state index in [0.29, 0.717) is 18.5 Å². The average Bonchev–Trinajstić information content (AvgIpc) is 3.20. The minimum Gasteiger partial charge on any atom is -0.477 e. The third kappa shape index (κ3) is 3.77. The summed E-state index contributed by atoms with van der Waals surface area (Å²) in [5, 5.41) is 3.46. The van der Waals surface area contributed by atoms with Crippen molar-refractivity contribution in [3.05, 3.63) is 40.0 Å². The number of pyridine rings is 1. The van der Waals surface area contributed by atoms with Crippen molar-refractivity contribution in [3.8, 4) is 5.88 Å². The molecule has 1 saturated carbocycles. The van der Waals surface area contributed by atoms with Crippen molar-refractivity contribution in [1.29, 1.82) is 0 Å². The van der Waals surface area contributed by atoms with Crippen LogP contribution in [0, 0.1) is 6.92 Å². The summed E-state index contributed by atoms with van der Waals surface area (Å²) in [5.41, 5.74) is 4.03. The Labute approximate surface area is 123 Å². The van der Waals surface area contributed by atoms with Crippen LogP contribution in [-0.2, 0) is 13.0 Å². The van der Waals surface area contributed by atoms with Crippen LogP contribution in [0.4, 0.5) is 0 Å². The molecule has 0 bridgehead atoms. The van der Waals surface area contributed by atoms with Crippen LogP contribution in [0.5, 0.6) is 5.88 Å². The number of aryl methyl sites for hydroxylation is 1. The highest BCUT2D eigenvalue weighted by Crippen LogP contribution is 2.19. The Morgan fingerprint density at radius 3 is 3.05 bits per heavy atom. The largest absolute Gasteiger partial charge is 0.477 e. The van der Waals surface area contributed by atoms with Crippen molar-refractivity contribution in [2.75, 3.05) is 6.61 Å². The molecule has 4 nitrogen and oxygen atoms in total. The second kappa shape index (κ2) is 6.33. The van der Waals surface area contributed by atoms with Crippen molar-refractivity contribution in [2.24, 2.45) is 0 Å². The minimum atomic E-state index is 0.648. The average molecular weight is 289 g/mol. The molecule has 2 heterocycles. The van der Waals surface area contributed by atoms with Crippen LogP contribution in [0.1, 0.15) is 29.1 Å². The zero-order chi connectivity index (χ0) is 13.8. The number of nitrogens with zero attached hydrogens (tertiary/aromatic N) is 2. The van der Waals surface area contributed by atoms with E-state index < -0.39 is 0 Å². The van der Waals surface area contributed by atoms with Crippen LogP contribution < -0.4 is 10.1 Å². The van der Waals surface area contributed by atoms with Crippen molar-refractivity contribution < 1.29 is 4.74 Å². The Balaban J connectivity index is 1.49. The van der Waals surface area contributed by atoms with Gasteiger partial charge in [-0.1, -0.05) is 6.07 Å². The summed E-state index contributed by atoms with van der Waals surface area (Å²) in [6.45, 7) is 3.51. The normalized spacial score (nSPS) is 14.4. The maximum Gasteiger partial charge on any atom is 0.213 e. The molecule has 5 heteroatoms. The van der Waals surface area contributed by atoms with Gasteiger partial charge >= 0.3 is 0 Å². The van der Waals surface area contributed by atoms with E-state index in [4.69, 9.17) is 4.74 Å². The lowest BCUT2D eigenvalue weighted by Gasteiger charge is -2.07. The van der Waals surface area contributed by atoms with E-state index >= 15 is 0 Å². The van der Waals surface area contributed by atoms with Gasteiger partial charge in [-0.25, -0.2) is 9.97 Å². The first-order chi connectivity index (χ1) is 9.81. The predicted molar refractivity (Wildman–Crippen MR) is 80.1 cm³/mol. The minimum absolute atomic E-state index is 0.648. The fraction of sp³-hybridized carbons (Fsp3) is 0.467. The number of hydrogen-bond acceptors (Lipinski definition) is 5. The molecule has 1 N–H and O–H groups in total. The number of thiazole rings is 1. The summed E-state index contributed by atoms with van der Waals surface area (Å²) >= 11 is 1.68. The summed E-state index contributed by atoms with van der Waals surface area (Å²) < 4.78 is 5.74. The van der Waals surface area contributed by atoms with E-state index in [1.807, 2.05) is 30.6 Å². The fourth-order valence-corrected chi connectivity index (χ4v) is 2.75. The van der Waals surface area contributed by atoms with Gasteiger partial charge in [0.1, 0.15) is 0 Å². The third-order valence-corrected chi connectivity index (χ3v) is 4.35. The number of hydrogen-bond donors (Lipinski definition) is 1. The highest BCUT2D eigenvalue weighted by Gasteiger charge is 2.20. The fourth-order valence-electron chi connectivity index (χ4n) is 1.99. The smallest absolute Gasteiger partial charge is 0.213 e. The second-order valence-electron chi connectivity index (χ2n) is 5.08. The van der Waals surface area contributed by atoms with Gasteiger partial charge in [0, 0.05) is 30.0 Å². The lowest BCUT2D eigenvalue weighted by atomic mass is 10.3. The molecular formula is C15H19N3OS. The highest BCUT2D eigenvalue weighted by atomic mass is 32.1. The van der Waals surface area contributed by atoms with Crippen LogP contribution in [-0.4, -0.2) is 22.6 Å². The van der Waals surface area contributed by atoms with Crippen LogP contribution in [0.2, 0.25) is 0 Å². The van der Waals surface area contributed by atoms with Gasteiger partial charge in [-0.2, -0.15) is 0 Å². The van der Waals surface area contributed by atoms with E-state index in [-0.39, 0.29) is 0 Å². The molecule has 0 saturated heterocycles. The SMILES string of the molecule is Cc1ncsc1CCOc1cccc(CNC2CC2)n1. The first-order valence-electron chi connectivity index (χ1n) is 7.02. The van der Waals surface area contributed by atoms with Crippen LogP contribution in [0.25, 0.3) is 0 Å². The van der Waals surface area contributed by atoms with Crippen LogP contribution >= 0.6 is 11.3 Å². The Kier molecular flexibility index (Phi) is 4.28. The maximum atomic E-state index is 5.74.